The Bertz CT molecular complexity index is 737. The molecule has 3 aromatic rings. The second-order valence-corrected chi connectivity index (χ2v) is 6.58. The molecule has 0 aliphatic heterocycles. The molecule has 20 heavy (non-hydrogen) atoms. The minimum absolute atomic E-state index is 0.808. The topological polar surface area (TPSA) is 17.8 Å². The Morgan fingerprint density at radius 1 is 1.10 bits per heavy atom. The third-order valence-electron chi connectivity index (χ3n) is 3.10. The minimum Gasteiger partial charge on any atom is -0.327 e. The Morgan fingerprint density at radius 2 is 1.95 bits per heavy atom. The van der Waals surface area contributed by atoms with Crippen LogP contribution in [-0.2, 0) is 6.54 Å². The number of imidazole rings is 1. The van der Waals surface area contributed by atoms with E-state index in [1.54, 1.807) is 0 Å². The Labute approximate surface area is 140 Å². The number of hydrogen-bond acceptors (Lipinski definition) is 1. The van der Waals surface area contributed by atoms with Gasteiger partial charge in [0.1, 0.15) is 5.82 Å². The van der Waals surface area contributed by atoms with Gasteiger partial charge in [-0.05, 0) is 46.4 Å². The molecular weight excluding hydrogens is 427 g/mol. The minimum atomic E-state index is 0.808. The van der Waals surface area contributed by atoms with E-state index in [1.807, 2.05) is 18.5 Å². The molecule has 4 heteroatoms. The summed E-state index contributed by atoms with van der Waals surface area (Å²) in [6.07, 6.45) is 3.88. The van der Waals surface area contributed by atoms with Crippen molar-refractivity contribution in [3.05, 3.63) is 74.5 Å². The van der Waals surface area contributed by atoms with Crippen LogP contribution in [0.2, 0.25) is 0 Å². The predicted molar refractivity (Wildman–Crippen MR) is 93.6 cm³/mol. The number of aromatic nitrogens is 2. The third kappa shape index (κ3) is 2.96. The predicted octanol–water partition coefficient (Wildman–Crippen LogP) is 4.97. The van der Waals surface area contributed by atoms with Crippen molar-refractivity contribution in [2.45, 2.75) is 6.54 Å². The molecular formula is C16H12BrIN2. The lowest BCUT2D eigenvalue weighted by atomic mass is 10.2. The second kappa shape index (κ2) is 6.10. The molecule has 0 saturated heterocycles. The average Bonchev–Trinajstić information content (AvgIpc) is 2.90. The van der Waals surface area contributed by atoms with Crippen LogP contribution in [0.4, 0.5) is 0 Å². The van der Waals surface area contributed by atoms with Crippen LogP contribution < -0.4 is 0 Å². The second-order valence-electron chi connectivity index (χ2n) is 4.48. The van der Waals surface area contributed by atoms with E-state index < -0.39 is 0 Å². The zero-order valence-electron chi connectivity index (χ0n) is 10.6. The maximum absolute atomic E-state index is 4.50. The van der Waals surface area contributed by atoms with E-state index in [0.29, 0.717) is 0 Å². The fraction of sp³-hybridized carbons (Fsp3) is 0.0625. The molecule has 0 aliphatic carbocycles. The molecule has 2 aromatic carbocycles. The molecule has 0 amide bonds. The van der Waals surface area contributed by atoms with Gasteiger partial charge < -0.3 is 4.57 Å². The summed E-state index contributed by atoms with van der Waals surface area (Å²) in [5.41, 5.74) is 2.39. The van der Waals surface area contributed by atoms with Crippen molar-refractivity contribution >= 4 is 38.5 Å². The first-order valence-corrected chi connectivity index (χ1v) is 8.12. The van der Waals surface area contributed by atoms with Gasteiger partial charge in [-0.1, -0.05) is 46.3 Å². The summed E-state index contributed by atoms with van der Waals surface area (Å²) < 4.78 is 4.52. The average molecular weight is 439 g/mol. The molecule has 0 N–H and O–H groups in total. The fourth-order valence-electron chi connectivity index (χ4n) is 2.13. The van der Waals surface area contributed by atoms with Gasteiger partial charge in [0.15, 0.2) is 0 Å². The Balaban J connectivity index is 1.97. The maximum atomic E-state index is 4.50. The quantitative estimate of drug-likeness (QED) is 0.528. The Hall–Kier alpha value is -1.14. The first-order valence-electron chi connectivity index (χ1n) is 6.24. The molecule has 1 aromatic heterocycles. The van der Waals surface area contributed by atoms with E-state index >= 15 is 0 Å². The van der Waals surface area contributed by atoms with Crippen LogP contribution in [0.25, 0.3) is 11.4 Å². The Kier molecular flexibility index (Phi) is 4.21. The van der Waals surface area contributed by atoms with Gasteiger partial charge in [-0.25, -0.2) is 4.98 Å². The van der Waals surface area contributed by atoms with Gasteiger partial charge in [-0.3, -0.25) is 0 Å². The van der Waals surface area contributed by atoms with Gasteiger partial charge in [0.2, 0.25) is 0 Å². The highest BCUT2D eigenvalue weighted by Crippen LogP contribution is 2.23. The highest BCUT2D eigenvalue weighted by atomic mass is 127. The smallest absolute Gasteiger partial charge is 0.140 e. The van der Waals surface area contributed by atoms with E-state index in [2.05, 4.69) is 90.5 Å². The normalized spacial score (nSPS) is 10.7. The molecule has 0 spiro atoms. The number of rotatable bonds is 3. The van der Waals surface area contributed by atoms with Crippen molar-refractivity contribution in [2.24, 2.45) is 0 Å². The van der Waals surface area contributed by atoms with E-state index in [0.717, 1.165) is 22.4 Å². The molecule has 1 heterocycles. The number of halogens is 2. The molecule has 0 atom stereocenters. The van der Waals surface area contributed by atoms with Crippen molar-refractivity contribution in [3.8, 4) is 11.4 Å². The summed E-state index contributed by atoms with van der Waals surface area (Å²) in [4.78, 5) is 4.50. The SMILES string of the molecule is Brc1ccccc1Cn1ccnc1-c1cccc(I)c1. The highest BCUT2D eigenvalue weighted by molar-refractivity contribution is 14.1. The van der Waals surface area contributed by atoms with Crippen molar-refractivity contribution < 1.29 is 0 Å². The number of nitrogens with zero attached hydrogens (tertiary/aromatic N) is 2. The first-order chi connectivity index (χ1) is 9.74. The summed E-state index contributed by atoms with van der Waals surface area (Å²) >= 11 is 5.93. The van der Waals surface area contributed by atoms with E-state index in [1.165, 1.54) is 9.13 Å². The van der Waals surface area contributed by atoms with Crippen molar-refractivity contribution in [1.82, 2.24) is 9.55 Å². The summed E-state index contributed by atoms with van der Waals surface area (Å²) in [7, 11) is 0. The summed E-state index contributed by atoms with van der Waals surface area (Å²) in [6, 6.07) is 16.7. The standard InChI is InChI=1S/C16H12BrIN2/c17-15-7-2-1-4-13(15)11-20-9-8-19-16(20)12-5-3-6-14(18)10-12/h1-10H,11H2. The fourth-order valence-corrected chi connectivity index (χ4v) is 3.09. The molecule has 0 bridgehead atoms. The molecule has 0 unspecified atom stereocenters. The van der Waals surface area contributed by atoms with Crippen LogP contribution in [0.3, 0.4) is 0 Å². The van der Waals surface area contributed by atoms with E-state index in [-0.39, 0.29) is 0 Å². The maximum Gasteiger partial charge on any atom is 0.140 e. The van der Waals surface area contributed by atoms with Crippen LogP contribution >= 0.6 is 38.5 Å². The zero-order chi connectivity index (χ0) is 13.9. The van der Waals surface area contributed by atoms with Gasteiger partial charge in [-0.2, -0.15) is 0 Å². The van der Waals surface area contributed by atoms with Gasteiger partial charge in [0.05, 0.1) is 6.54 Å². The van der Waals surface area contributed by atoms with Crippen LogP contribution in [-0.4, -0.2) is 9.55 Å². The Morgan fingerprint density at radius 3 is 2.75 bits per heavy atom. The molecule has 0 fully saturated rings. The van der Waals surface area contributed by atoms with Crippen molar-refractivity contribution in [1.29, 1.82) is 0 Å². The zero-order valence-corrected chi connectivity index (χ0v) is 14.4. The van der Waals surface area contributed by atoms with Gasteiger partial charge >= 0.3 is 0 Å². The van der Waals surface area contributed by atoms with Crippen molar-refractivity contribution in [3.63, 3.8) is 0 Å². The van der Waals surface area contributed by atoms with Crippen LogP contribution in [0, 0.1) is 3.57 Å². The first kappa shape index (κ1) is 13.8. The van der Waals surface area contributed by atoms with Crippen molar-refractivity contribution in [2.75, 3.05) is 0 Å². The monoisotopic (exact) mass is 438 g/mol. The lowest BCUT2D eigenvalue weighted by Crippen LogP contribution is -2.01. The molecule has 0 radical (unpaired) electrons. The van der Waals surface area contributed by atoms with E-state index in [9.17, 15) is 0 Å². The number of benzene rings is 2. The lowest BCUT2D eigenvalue weighted by molar-refractivity contribution is 0.804. The summed E-state index contributed by atoms with van der Waals surface area (Å²) in [5.74, 6) is 0.999. The lowest BCUT2D eigenvalue weighted by Gasteiger charge is -2.10. The molecule has 3 rings (SSSR count). The van der Waals surface area contributed by atoms with Crippen LogP contribution in [0.5, 0.6) is 0 Å². The molecule has 2 nitrogen and oxygen atoms in total. The third-order valence-corrected chi connectivity index (χ3v) is 4.54. The van der Waals surface area contributed by atoms with Crippen LogP contribution in [0.15, 0.2) is 65.4 Å². The highest BCUT2D eigenvalue weighted by Gasteiger charge is 2.08. The summed E-state index contributed by atoms with van der Waals surface area (Å²) in [6.45, 7) is 0.808. The van der Waals surface area contributed by atoms with Gasteiger partial charge in [0, 0.05) is 26.0 Å². The van der Waals surface area contributed by atoms with Gasteiger partial charge in [0.25, 0.3) is 0 Å². The van der Waals surface area contributed by atoms with Crippen LogP contribution in [0.1, 0.15) is 5.56 Å². The summed E-state index contributed by atoms with van der Waals surface area (Å²) in [5, 5.41) is 0. The van der Waals surface area contributed by atoms with Gasteiger partial charge in [-0.15, -0.1) is 0 Å². The molecule has 100 valence electrons. The number of hydrogen-bond donors (Lipinski definition) is 0. The molecule has 0 aliphatic rings. The molecule has 0 saturated carbocycles. The largest absolute Gasteiger partial charge is 0.327 e. The van der Waals surface area contributed by atoms with E-state index in [4.69, 9.17) is 0 Å².